The summed E-state index contributed by atoms with van der Waals surface area (Å²) in [5, 5.41) is 8.81. The van der Waals surface area contributed by atoms with E-state index in [1.54, 1.807) is 11.1 Å². The molecule has 4 aromatic carbocycles. The van der Waals surface area contributed by atoms with Crippen LogP contribution in [0.3, 0.4) is 0 Å². The number of benzene rings is 4. The van der Waals surface area contributed by atoms with Crippen molar-refractivity contribution in [3.05, 3.63) is 58.7 Å². The van der Waals surface area contributed by atoms with Gasteiger partial charge in [-0.25, -0.2) is 0 Å². The molecule has 0 N–H and O–H groups in total. The second-order valence-electron chi connectivity index (χ2n) is 11.1. The van der Waals surface area contributed by atoms with Crippen LogP contribution in [0.25, 0.3) is 32.3 Å². The first-order valence-corrected chi connectivity index (χ1v) is 14.8. The minimum Gasteiger partial charge on any atom is -0.0654 e. The van der Waals surface area contributed by atoms with Gasteiger partial charge in [-0.1, -0.05) is 121 Å². The van der Waals surface area contributed by atoms with E-state index in [9.17, 15) is 0 Å². The number of hydrogen-bond acceptors (Lipinski definition) is 0. The fourth-order valence-electron chi connectivity index (χ4n) is 6.24. The predicted molar refractivity (Wildman–Crippen MR) is 158 cm³/mol. The van der Waals surface area contributed by atoms with Crippen molar-refractivity contribution in [3.63, 3.8) is 0 Å². The first kappa shape index (κ1) is 26.0. The van der Waals surface area contributed by atoms with Crippen molar-refractivity contribution in [2.24, 2.45) is 0 Å². The number of rotatable bonds is 15. The largest absolute Gasteiger partial charge is 0.0654 e. The van der Waals surface area contributed by atoms with Crippen molar-refractivity contribution in [2.75, 3.05) is 0 Å². The molecule has 0 aromatic heterocycles. The molecule has 0 fully saturated rings. The Hall–Kier alpha value is -2.08. The Balaban J connectivity index is 1.54. The highest BCUT2D eigenvalue weighted by molar-refractivity contribution is 6.24. The molecule has 4 rings (SSSR count). The normalized spacial score (nSPS) is 12.0. The Labute approximate surface area is 214 Å². The monoisotopic (exact) mass is 468 g/mol. The van der Waals surface area contributed by atoms with Gasteiger partial charge in [-0.05, 0) is 94.1 Å². The van der Waals surface area contributed by atoms with Crippen molar-refractivity contribution in [3.8, 4) is 0 Å². The average Bonchev–Trinajstić information content (AvgIpc) is 2.87. The fourth-order valence-corrected chi connectivity index (χ4v) is 6.24. The molecule has 0 saturated carbocycles. The highest BCUT2D eigenvalue weighted by Gasteiger charge is 2.15. The number of unbranched alkanes of at least 4 members (excludes halogenated alkanes) is 11. The molecular formula is C35H48. The maximum atomic E-state index is 2.51. The summed E-state index contributed by atoms with van der Waals surface area (Å²) < 4.78 is 0. The molecule has 0 unspecified atom stereocenters. The van der Waals surface area contributed by atoms with Gasteiger partial charge in [0.25, 0.3) is 0 Å². The van der Waals surface area contributed by atoms with Crippen LogP contribution in [-0.2, 0) is 12.8 Å². The van der Waals surface area contributed by atoms with Crippen molar-refractivity contribution in [1.29, 1.82) is 0 Å². The summed E-state index contributed by atoms with van der Waals surface area (Å²) in [6.45, 7) is 9.31. The van der Waals surface area contributed by atoms with Gasteiger partial charge in [-0.3, -0.25) is 0 Å². The SMILES string of the molecule is CCCCCCCCCc1cc2ccc3c(C)c(CCCCCCCC)cc4ccc(c1C)c2c43. The van der Waals surface area contributed by atoms with Crippen LogP contribution in [0.15, 0.2) is 36.4 Å². The van der Waals surface area contributed by atoms with Gasteiger partial charge >= 0.3 is 0 Å². The zero-order valence-electron chi connectivity index (χ0n) is 23.1. The summed E-state index contributed by atoms with van der Waals surface area (Å²) in [5.74, 6) is 0. The van der Waals surface area contributed by atoms with Crippen LogP contribution in [0, 0.1) is 13.8 Å². The van der Waals surface area contributed by atoms with Crippen LogP contribution in [0.5, 0.6) is 0 Å². The van der Waals surface area contributed by atoms with Crippen molar-refractivity contribution in [1.82, 2.24) is 0 Å². The topological polar surface area (TPSA) is 0 Å². The van der Waals surface area contributed by atoms with Crippen LogP contribution in [0.1, 0.15) is 120 Å². The lowest BCUT2D eigenvalue weighted by atomic mass is 9.85. The van der Waals surface area contributed by atoms with E-state index in [-0.39, 0.29) is 0 Å². The third-order valence-corrected chi connectivity index (χ3v) is 8.51. The zero-order valence-corrected chi connectivity index (χ0v) is 23.1. The Morgan fingerprint density at radius 3 is 1.23 bits per heavy atom. The lowest BCUT2D eigenvalue weighted by Crippen LogP contribution is -1.97. The van der Waals surface area contributed by atoms with Crippen LogP contribution in [0.2, 0.25) is 0 Å². The Morgan fingerprint density at radius 1 is 0.457 bits per heavy atom. The summed E-state index contributed by atoms with van der Waals surface area (Å²) in [6.07, 6.45) is 20.3. The van der Waals surface area contributed by atoms with Gasteiger partial charge in [-0.15, -0.1) is 0 Å². The van der Waals surface area contributed by atoms with E-state index in [1.807, 2.05) is 0 Å². The van der Waals surface area contributed by atoms with E-state index in [1.165, 1.54) is 140 Å². The van der Waals surface area contributed by atoms with Crippen LogP contribution in [-0.4, -0.2) is 0 Å². The lowest BCUT2D eigenvalue weighted by Gasteiger charge is -2.19. The van der Waals surface area contributed by atoms with Gasteiger partial charge in [0.05, 0.1) is 0 Å². The molecule has 0 aliphatic carbocycles. The van der Waals surface area contributed by atoms with Gasteiger partial charge in [0, 0.05) is 0 Å². The molecule has 4 aromatic rings. The summed E-state index contributed by atoms with van der Waals surface area (Å²) >= 11 is 0. The minimum absolute atomic E-state index is 1.22. The predicted octanol–water partition coefficient (Wildman–Crippen LogP) is 11.4. The summed E-state index contributed by atoms with van der Waals surface area (Å²) in [7, 11) is 0. The Bertz CT molecular complexity index is 1210. The smallest absolute Gasteiger partial charge is 0.00238 e. The van der Waals surface area contributed by atoms with E-state index in [2.05, 4.69) is 64.1 Å². The molecular weight excluding hydrogens is 420 g/mol. The molecule has 0 nitrogen and oxygen atoms in total. The first-order valence-electron chi connectivity index (χ1n) is 14.8. The van der Waals surface area contributed by atoms with E-state index >= 15 is 0 Å². The second-order valence-corrected chi connectivity index (χ2v) is 11.1. The summed E-state index contributed by atoms with van der Waals surface area (Å²) in [4.78, 5) is 0. The molecule has 0 radical (unpaired) electrons. The molecule has 0 aliphatic rings. The second kappa shape index (κ2) is 12.8. The minimum atomic E-state index is 1.22. The summed E-state index contributed by atoms with van der Waals surface area (Å²) in [6, 6.07) is 14.6. The number of hydrogen-bond donors (Lipinski definition) is 0. The average molecular weight is 469 g/mol. The quantitative estimate of drug-likeness (QED) is 0.120. The maximum absolute atomic E-state index is 2.51. The van der Waals surface area contributed by atoms with Gasteiger partial charge < -0.3 is 0 Å². The molecule has 0 bridgehead atoms. The molecule has 188 valence electrons. The standard InChI is InChI=1S/C35H48/c1-5-7-9-11-13-15-17-19-29-25-31-21-22-32-26(3)28(18-16-14-12-10-8-6-2)24-30-20-23-33(27(29)4)35(31)34(30)32/h20-25H,5-19H2,1-4H3. The van der Waals surface area contributed by atoms with Gasteiger partial charge in [0.15, 0.2) is 0 Å². The third kappa shape index (κ3) is 6.02. The molecule has 0 heterocycles. The van der Waals surface area contributed by atoms with Crippen LogP contribution >= 0.6 is 0 Å². The van der Waals surface area contributed by atoms with Crippen LogP contribution in [0.4, 0.5) is 0 Å². The molecule has 0 saturated heterocycles. The first-order chi connectivity index (χ1) is 17.2. The van der Waals surface area contributed by atoms with Gasteiger partial charge in [0.2, 0.25) is 0 Å². The fraction of sp³-hybridized carbons (Fsp3) is 0.543. The van der Waals surface area contributed by atoms with Crippen LogP contribution < -0.4 is 0 Å². The summed E-state index contributed by atoms with van der Waals surface area (Å²) in [5.41, 5.74) is 6.13. The van der Waals surface area contributed by atoms with Crippen molar-refractivity contribution in [2.45, 2.75) is 124 Å². The molecule has 0 heteroatoms. The number of aryl methyl sites for hydroxylation is 4. The Kier molecular flexibility index (Phi) is 9.47. The highest BCUT2D eigenvalue weighted by atomic mass is 14.2. The van der Waals surface area contributed by atoms with Crippen molar-refractivity contribution >= 4 is 32.3 Å². The maximum Gasteiger partial charge on any atom is -0.00238 e. The van der Waals surface area contributed by atoms with E-state index in [0.717, 1.165) is 0 Å². The zero-order chi connectivity index (χ0) is 24.6. The van der Waals surface area contributed by atoms with E-state index in [4.69, 9.17) is 0 Å². The Morgan fingerprint density at radius 2 is 0.829 bits per heavy atom. The lowest BCUT2D eigenvalue weighted by molar-refractivity contribution is 0.589. The van der Waals surface area contributed by atoms with Crippen molar-refractivity contribution < 1.29 is 0 Å². The van der Waals surface area contributed by atoms with E-state index in [0.29, 0.717) is 0 Å². The molecule has 35 heavy (non-hydrogen) atoms. The third-order valence-electron chi connectivity index (χ3n) is 8.51. The molecule has 0 amide bonds. The molecule has 0 aliphatic heterocycles. The highest BCUT2D eigenvalue weighted by Crippen LogP contribution is 2.40. The van der Waals surface area contributed by atoms with Gasteiger partial charge in [0.1, 0.15) is 0 Å². The van der Waals surface area contributed by atoms with E-state index < -0.39 is 0 Å². The molecule has 0 atom stereocenters. The van der Waals surface area contributed by atoms with Gasteiger partial charge in [-0.2, -0.15) is 0 Å². The molecule has 0 spiro atoms.